The normalized spacial score (nSPS) is 14.1. The molecule has 0 aliphatic heterocycles. The lowest BCUT2D eigenvalue weighted by Gasteiger charge is -2.24. The van der Waals surface area contributed by atoms with Gasteiger partial charge in [0.05, 0.1) is 11.1 Å². The number of carbonyl (C=O) groups is 2. The maximum Gasteiger partial charge on any atom is 0.336 e. The Morgan fingerprint density at radius 2 is 1.60 bits per heavy atom. The number of benzene rings is 5. The number of Topliss-reactive ketones (excluding diaryl/α,β-unsaturated/α-hetero) is 1. The molecule has 5 aromatic carbocycles. The van der Waals surface area contributed by atoms with Crippen LogP contribution in [-0.4, -0.2) is 31.9 Å². The zero-order chi connectivity index (χ0) is 32.7. The molecule has 0 saturated carbocycles. The molecule has 0 spiro atoms. The lowest BCUT2D eigenvalue weighted by Crippen LogP contribution is -2.20. The summed E-state index contributed by atoms with van der Waals surface area (Å²) in [7, 11) is 0. The smallest absolute Gasteiger partial charge is 0.336 e. The predicted octanol–water partition coefficient (Wildman–Crippen LogP) is 9.12. The van der Waals surface area contributed by atoms with Gasteiger partial charge in [0.15, 0.2) is 0 Å². The number of carbonyl (C=O) groups excluding carboxylic acids is 1. The number of aromatic carboxylic acids is 1. The van der Waals surface area contributed by atoms with Gasteiger partial charge in [0.25, 0.3) is 0 Å². The minimum Gasteiger partial charge on any atom is -0.508 e. The van der Waals surface area contributed by atoms with E-state index < -0.39 is 5.97 Å². The van der Waals surface area contributed by atoms with Gasteiger partial charge in [0, 0.05) is 46.7 Å². The number of hydrogen-bond donors (Lipinski definition) is 2. The standard InChI is InChI=1S/C27H23ClO2.C13H8N2O2/c1-16(29)19-5-4-18-6-10-24-23(25(18)14-19)11-7-20-13-21(27(30)15-26(20)24)12-17-2-8-22(28)9-3-17;16-13(17)10-4-6-15-12-9(10)2-1-8-3-5-14-7-11(8)12/h2-3,6-11,13,15,19,30H,4-5,12,14H2,1H3;1-7H,(H,16,17). The van der Waals surface area contributed by atoms with Crippen molar-refractivity contribution in [3.05, 3.63) is 136 Å². The molecule has 0 fully saturated rings. The Morgan fingerprint density at radius 1 is 0.830 bits per heavy atom. The molecule has 0 saturated heterocycles. The van der Waals surface area contributed by atoms with Crippen molar-refractivity contribution >= 4 is 66.6 Å². The summed E-state index contributed by atoms with van der Waals surface area (Å²) in [5.74, 6) is -0.234. The second kappa shape index (κ2) is 12.5. The number of carboxylic acids is 1. The number of fused-ring (bicyclic) bond motifs is 8. The summed E-state index contributed by atoms with van der Waals surface area (Å²) in [6, 6.07) is 27.4. The summed E-state index contributed by atoms with van der Waals surface area (Å²) in [4.78, 5) is 31.4. The quantitative estimate of drug-likeness (QED) is 0.187. The third kappa shape index (κ3) is 5.88. The maximum atomic E-state index is 12.0. The molecule has 7 heteroatoms. The van der Waals surface area contributed by atoms with Gasteiger partial charge in [-0.15, -0.1) is 0 Å². The highest BCUT2D eigenvalue weighted by molar-refractivity contribution is 6.30. The number of nitrogens with zero attached hydrogens (tertiary/aromatic N) is 2. The van der Waals surface area contributed by atoms with E-state index in [1.165, 1.54) is 28.8 Å². The van der Waals surface area contributed by atoms with E-state index in [4.69, 9.17) is 16.7 Å². The lowest BCUT2D eigenvalue weighted by molar-refractivity contribution is -0.121. The van der Waals surface area contributed by atoms with Gasteiger partial charge in [-0.2, -0.15) is 0 Å². The van der Waals surface area contributed by atoms with Crippen molar-refractivity contribution in [2.45, 2.75) is 32.6 Å². The molecular formula is C40H31ClN2O4. The SMILES string of the molecule is CC(=O)C1CCc2ccc3c(ccc4cc(Cc5ccc(Cl)cc5)c(O)cc43)c2C1.O=C(O)c1ccnc2c1ccc1ccncc12. The molecule has 2 aromatic heterocycles. The number of aromatic hydroxyl groups is 1. The van der Waals surface area contributed by atoms with Crippen molar-refractivity contribution < 1.29 is 19.8 Å². The number of phenols is 1. The number of phenolic OH excluding ortho intramolecular Hbond substituents is 1. The molecule has 0 bridgehead atoms. The number of pyridine rings is 2. The lowest BCUT2D eigenvalue weighted by atomic mass is 9.79. The molecule has 1 aliphatic carbocycles. The average Bonchev–Trinajstić information content (AvgIpc) is 3.09. The van der Waals surface area contributed by atoms with Crippen LogP contribution in [0, 0.1) is 5.92 Å². The van der Waals surface area contributed by atoms with Gasteiger partial charge in [0.1, 0.15) is 11.5 Å². The number of hydrogen-bond acceptors (Lipinski definition) is 5. The summed E-state index contributed by atoms with van der Waals surface area (Å²) in [5, 5.41) is 27.6. The van der Waals surface area contributed by atoms with Crippen LogP contribution in [0.25, 0.3) is 43.2 Å². The van der Waals surface area contributed by atoms with Crippen LogP contribution in [0.5, 0.6) is 5.75 Å². The third-order valence-electron chi connectivity index (χ3n) is 9.28. The molecule has 2 heterocycles. The zero-order valence-electron chi connectivity index (χ0n) is 25.7. The van der Waals surface area contributed by atoms with Gasteiger partial charge in [-0.1, -0.05) is 60.1 Å². The summed E-state index contributed by atoms with van der Waals surface area (Å²) < 4.78 is 0. The Balaban J connectivity index is 0.000000174. The molecule has 8 rings (SSSR count). The Labute approximate surface area is 276 Å². The van der Waals surface area contributed by atoms with Crippen molar-refractivity contribution in [1.82, 2.24) is 9.97 Å². The molecule has 0 amide bonds. The molecular weight excluding hydrogens is 608 g/mol. The van der Waals surface area contributed by atoms with Gasteiger partial charge >= 0.3 is 5.97 Å². The van der Waals surface area contributed by atoms with Crippen LogP contribution < -0.4 is 0 Å². The highest BCUT2D eigenvalue weighted by atomic mass is 35.5. The van der Waals surface area contributed by atoms with Crippen LogP contribution in [-0.2, 0) is 24.1 Å². The van der Waals surface area contributed by atoms with Crippen molar-refractivity contribution in [3.63, 3.8) is 0 Å². The number of rotatable bonds is 4. The van der Waals surface area contributed by atoms with Crippen molar-refractivity contribution in [1.29, 1.82) is 0 Å². The van der Waals surface area contributed by atoms with Crippen molar-refractivity contribution in [2.24, 2.45) is 5.92 Å². The summed E-state index contributed by atoms with van der Waals surface area (Å²) in [6.07, 6.45) is 8.29. The molecule has 1 atom stereocenters. The van der Waals surface area contributed by atoms with Crippen LogP contribution in [0.1, 0.15) is 46.0 Å². The molecule has 6 nitrogen and oxygen atoms in total. The van der Waals surface area contributed by atoms with E-state index in [1.807, 2.05) is 42.5 Å². The second-order valence-electron chi connectivity index (χ2n) is 12.1. The summed E-state index contributed by atoms with van der Waals surface area (Å²) in [6.45, 7) is 1.70. The Morgan fingerprint density at radius 3 is 2.38 bits per heavy atom. The fraction of sp³-hybridized carbons (Fsp3) is 0.150. The van der Waals surface area contributed by atoms with Crippen molar-refractivity contribution in [2.75, 3.05) is 0 Å². The highest BCUT2D eigenvalue weighted by Gasteiger charge is 2.24. The van der Waals surface area contributed by atoms with Crippen LogP contribution in [0.15, 0.2) is 104 Å². The van der Waals surface area contributed by atoms with E-state index in [9.17, 15) is 14.7 Å². The van der Waals surface area contributed by atoms with Crippen LogP contribution in [0.3, 0.4) is 0 Å². The molecule has 0 radical (unpaired) electrons. The monoisotopic (exact) mass is 638 g/mol. The number of aryl methyl sites for hydroxylation is 1. The predicted molar refractivity (Wildman–Crippen MR) is 188 cm³/mol. The van der Waals surface area contributed by atoms with Crippen molar-refractivity contribution in [3.8, 4) is 5.75 Å². The Bertz CT molecular complexity index is 2350. The van der Waals surface area contributed by atoms with Gasteiger partial charge in [0.2, 0.25) is 0 Å². The van der Waals surface area contributed by atoms with E-state index in [2.05, 4.69) is 40.3 Å². The second-order valence-corrected chi connectivity index (χ2v) is 12.6. The van der Waals surface area contributed by atoms with Crippen LogP contribution in [0.2, 0.25) is 5.02 Å². The Kier molecular flexibility index (Phi) is 8.04. The Hall–Kier alpha value is -5.33. The van der Waals surface area contributed by atoms with Gasteiger partial charge in [-0.05, 0) is 112 Å². The first-order valence-electron chi connectivity index (χ1n) is 15.6. The molecule has 1 aliphatic rings. The minimum atomic E-state index is -0.944. The average molecular weight is 639 g/mol. The fourth-order valence-corrected chi connectivity index (χ4v) is 6.89. The van der Waals surface area contributed by atoms with Crippen LogP contribution in [0.4, 0.5) is 0 Å². The van der Waals surface area contributed by atoms with E-state index in [0.29, 0.717) is 28.1 Å². The largest absolute Gasteiger partial charge is 0.508 e. The van der Waals surface area contributed by atoms with E-state index in [1.54, 1.807) is 25.4 Å². The number of carboxylic acid groups (broad SMARTS) is 1. The number of halogens is 1. The summed E-state index contributed by atoms with van der Waals surface area (Å²) in [5.41, 5.74) is 5.60. The molecule has 47 heavy (non-hydrogen) atoms. The van der Waals surface area contributed by atoms with Gasteiger partial charge in [-0.3, -0.25) is 14.8 Å². The topological polar surface area (TPSA) is 100 Å². The first-order chi connectivity index (χ1) is 22.8. The van der Waals surface area contributed by atoms with E-state index in [0.717, 1.165) is 57.3 Å². The molecule has 2 N–H and O–H groups in total. The molecule has 7 aromatic rings. The molecule has 232 valence electrons. The minimum absolute atomic E-state index is 0.119. The maximum absolute atomic E-state index is 12.0. The van der Waals surface area contributed by atoms with Gasteiger partial charge < -0.3 is 10.2 Å². The highest BCUT2D eigenvalue weighted by Crippen LogP contribution is 2.37. The summed E-state index contributed by atoms with van der Waals surface area (Å²) >= 11 is 5.99. The van der Waals surface area contributed by atoms with Gasteiger partial charge in [-0.25, -0.2) is 4.79 Å². The first-order valence-corrected chi connectivity index (χ1v) is 15.9. The fourth-order valence-electron chi connectivity index (χ4n) is 6.76. The van der Waals surface area contributed by atoms with Crippen LogP contribution >= 0.6 is 11.6 Å². The first kappa shape index (κ1) is 30.3. The van der Waals surface area contributed by atoms with E-state index in [-0.39, 0.29) is 17.3 Å². The third-order valence-corrected chi connectivity index (χ3v) is 9.53. The molecule has 1 unspecified atom stereocenters. The van der Waals surface area contributed by atoms with E-state index >= 15 is 0 Å². The number of ketones is 1. The number of aromatic nitrogens is 2. The zero-order valence-corrected chi connectivity index (χ0v) is 26.5.